The monoisotopic (exact) mass is 956 g/mol. The largest absolute Gasteiger partial charge is 0.456 e. The molecule has 0 saturated carbocycles. The van der Waals surface area contributed by atoms with Gasteiger partial charge in [0.15, 0.2) is 0 Å². The molecule has 15 aromatic rings. The van der Waals surface area contributed by atoms with Crippen molar-refractivity contribution in [1.82, 2.24) is 0 Å². The number of fused-ring (bicyclic) bond motifs is 15. The van der Waals surface area contributed by atoms with Crippen LogP contribution in [0.5, 0.6) is 0 Å². The van der Waals surface area contributed by atoms with E-state index in [9.17, 15) is 0 Å². The molecule has 0 aliphatic heterocycles. The molecule has 6 nitrogen and oxygen atoms in total. The van der Waals surface area contributed by atoms with E-state index in [0.29, 0.717) is 11.8 Å². The molecular weight excluding hydrogens is 909 g/mol. The van der Waals surface area contributed by atoms with Crippen LogP contribution < -0.4 is 9.80 Å². The summed E-state index contributed by atoms with van der Waals surface area (Å²) in [6.07, 6.45) is 0. The van der Waals surface area contributed by atoms with Crippen LogP contribution in [0.4, 0.5) is 34.1 Å². The standard InChI is InChI=1S/C68H48N2O4/c1-39(2)41-13-19-46(20-14-41)69(50-25-29-63-57(35-50)53-9-5-7-11-61(53)71-63)48-23-17-43-33-56-60-37-59-55-27-18-44-31-49(24-28-52(44)68(55)74-67(59)38-66(60)73-65(56)34-45(43)32-48)70(47-21-15-42(16-22-47)40(3)4)51-26-30-64-58(36-51)54-10-6-8-12-62(54)72-64/h5-40H,1-4H3. The molecule has 0 fully saturated rings. The van der Waals surface area contributed by atoms with Crippen LogP contribution in [0, 0.1) is 0 Å². The summed E-state index contributed by atoms with van der Waals surface area (Å²) in [5.41, 5.74) is 15.8. The fourth-order valence-electron chi connectivity index (χ4n) is 11.4. The van der Waals surface area contributed by atoms with Gasteiger partial charge in [0, 0.05) is 88.7 Å². The minimum atomic E-state index is 0.434. The van der Waals surface area contributed by atoms with Crippen molar-refractivity contribution in [2.45, 2.75) is 39.5 Å². The summed E-state index contributed by atoms with van der Waals surface area (Å²) in [6, 6.07) is 74.0. The van der Waals surface area contributed by atoms with Gasteiger partial charge in [0.05, 0.1) is 0 Å². The second-order valence-electron chi connectivity index (χ2n) is 20.5. The maximum Gasteiger partial charge on any atom is 0.143 e. The molecule has 15 rings (SSSR count). The van der Waals surface area contributed by atoms with Gasteiger partial charge in [-0.05, 0) is 167 Å². The Kier molecular flexibility index (Phi) is 9.24. The van der Waals surface area contributed by atoms with Gasteiger partial charge in [0.1, 0.15) is 44.7 Å². The number of benzene rings is 11. The second-order valence-corrected chi connectivity index (χ2v) is 20.5. The lowest BCUT2D eigenvalue weighted by atomic mass is 10.0. The highest BCUT2D eigenvalue weighted by molar-refractivity contribution is 6.21. The summed E-state index contributed by atoms with van der Waals surface area (Å²) < 4.78 is 26.1. The van der Waals surface area contributed by atoms with Gasteiger partial charge in [0.2, 0.25) is 0 Å². The first-order chi connectivity index (χ1) is 36.3. The van der Waals surface area contributed by atoms with Crippen molar-refractivity contribution < 1.29 is 17.7 Å². The average Bonchev–Trinajstić information content (AvgIpc) is 4.19. The Morgan fingerprint density at radius 1 is 0.257 bits per heavy atom. The zero-order chi connectivity index (χ0) is 49.3. The molecule has 354 valence electrons. The highest BCUT2D eigenvalue weighted by Gasteiger charge is 2.21. The van der Waals surface area contributed by atoms with E-state index in [1.165, 1.54) is 11.1 Å². The maximum absolute atomic E-state index is 6.83. The van der Waals surface area contributed by atoms with Gasteiger partial charge >= 0.3 is 0 Å². The smallest absolute Gasteiger partial charge is 0.143 e. The molecule has 6 heteroatoms. The third-order valence-corrected chi connectivity index (χ3v) is 15.4. The van der Waals surface area contributed by atoms with Crippen LogP contribution in [-0.2, 0) is 0 Å². The lowest BCUT2D eigenvalue weighted by Gasteiger charge is -2.26. The van der Waals surface area contributed by atoms with Gasteiger partial charge in [-0.2, -0.15) is 0 Å². The van der Waals surface area contributed by atoms with Gasteiger partial charge < -0.3 is 27.5 Å². The second kappa shape index (κ2) is 16.1. The van der Waals surface area contributed by atoms with Crippen molar-refractivity contribution in [3.8, 4) is 0 Å². The first-order valence-corrected chi connectivity index (χ1v) is 25.6. The van der Waals surface area contributed by atoms with E-state index in [1.54, 1.807) is 0 Å². The number of furan rings is 4. The summed E-state index contributed by atoms with van der Waals surface area (Å²) in [4.78, 5) is 4.67. The summed E-state index contributed by atoms with van der Waals surface area (Å²) in [5, 5.41) is 13.0. The Balaban J connectivity index is 0.818. The molecule has 0 N–H and O–H groups in total. The molecule has 0 radical (unpaired) electrons. The molecule has 0 amide bonds. The van der Waals surface area contributed by atoms with Crippen molar-refractivity contribution in [2.24, 2.45) is 0 Å². The molecule has 0 aliphatic carbocycles. The fraction of sp³-hybridized carbons (Fsp3) is 0.0882. The average molecular weight is 957 g/mol. The van der Waals surface area contributed by atoms with E-state index >= 15 is 0 Å². The number of anilines is 6. The van der Waals surface area contributed by atoms with Crippen molar-refractivity contribution >= 4 is 143 Å². The van der Waals surface area contributed by atoms with Crippen LogP contribution in [0.25, 0.3) is 109 Å². The number of nitrogens with zero attached hydrogens (tertiary/aromatic N) is 2. The van der Waals surface area contributed by atoms with Crippen molar-refractivity contribution in [3.63, 3.8) is 0 Å². The van der Waals surface area contributed by atoms with Gasteiger partial charge in [-0.1, -0.05) is 100 Å². The molecule has 11 aromatic carbocycles. The van der Waals surface area contributed by atoms with Crippen LogP contribution >= 0.6 is 0 Å². The lowest BCUT2D eigenvalue weighted by molar-refractivity contribution is 0.658. The third-order valence-electron chi connectivity index (χ3n) is 15.4. The van der Waals surface area contributed by atoms with Crippen LogP contribution in [0.2, 0.25) is 0 Å². The van der Waals surface area contributed by atoms with Crippen molar-refractivity contribution in [3.05, 3.63) is 217 Å². The summed E-state index contributed by atoms with van der Waals surface area (Å²) >= 11 is 0. The molecule has 4 heterocycles. The molecule has 0 atom stereocenters. The molecule has 0 unspecified atom stereocenters. The topological polar surface area (TPSA) is 59.0 Å². The first-order valence-electron chi connectivity index (χ1n) is 25.6. The molecule has 4 aromatic heterocycles. The van der Waals surface area contributed by atoms with Gasteiger partial charge in [-0.25, -0.2) is 0 Å². The van der Waals surface area contributed by atoms with E-state index in [-0.39, 0.29) is 0 Å². The van der Waals surface area contributed by atoms with E-state index < -0.39 is 0 Å². The Bertz CT molecular complexity index is 4560. The number of rotatable bonds is 8. The van der Waals surface area contributed by atoms with E-state index in [0.717, 1.165) is 143 Å². The summed E-state index contributed by atoms with van der Waals surface area (Å²) in [6.45, 7) is 8.93. The molecule has 0 saturated heterocycles. The zero-order valence-electron chi connectivity index (χ0n) is 41.3. The van der Waals surface area contributed by atoms with Gasteiger partial charge in [0.25, 0.3) is 0 Å². The SMILES string of the molecule is CC(C)c1ccc(N(c2ccc3cc4c(cc3c2)oc2cc3oc5c6ccc(N(c7ccc(C(C)C)cc7)c7ccc8oc9ccccc9c8c7)cc6ccc5c3cc24)c2ccc3oc4ccccc4c3c2)cc1. The lowest BCUT2D eigenvalue weighted by Crippen LogP contribution is -2.10. The molecule has 74 heavy (non-hydrogen) atoms. The molecular formula is C68H48N2O4. The van der Waals surface area contributed by atoms with E-state index in [4.69, 9.17) is 17.7 Å². The Labute approximate surface area is 425 Å². The minimum Gasteiger partial charge on any atom is -0.456 e. The predicted molar refractivity (Wildman–Crippen MR) is 308 cm³/mol. The Morgan fingerprint density at radius 2 is 0.676 bits per heavy atom. The Hall–Kier alpha value is -9.26. The Morgan fingerprint density at radius 3 is 1.28 bits per heavy atom. The van der Waals surface area contributed by atoms with Crippen molar-refractivity contribution in [1.29, 1.82) is 0 Å². The molecule has 0 bridgehead atoms. The first kappa shape index (κ1) is 42.4. The summed E-state index contributed by atoms with van der Waals surface area (Å²) in [7, 11) is 0. The van der Waals surface area contributed by atoms with Crippen LogP contribution in [0.15, 0.2) is 224 Å². The molecule has 0 aliphatic rings. The normalized spacial score (nSPS) is 12.3. The van der Waals surface area contributed by atoms with E-state index in [2.05, 4.69) is 219 Å². The van der Waals surface area contributed by atoms with E-state index in [1.807, 2.05) is 24.3 Å². The third kappa shape index (κ3) is 6.64. The quantitative estimate of drug-likeness (QED) is 0.151. The maximum atomic E-state index is 6.83. The summed E-state index contributed by atoms with van der Waals surface area (Å²) in [5.74, 6) is 0.868. The van der Waals surface area contributed by atoms with Gasteiger partial charge in [-0.3, -0.25) is 0 Å². The predicted octanol–water partition coefficient (Wildman–Crippen LogP) is 20.8. The number of para-hydroxylation sites is 2. The number of hydrogen-bond acceptors (Lipinski definition) is 6. The van der Waals surface area contributed by atoms with Crippen molar-refractivity contribution in [2.75, 3.05) is 9.80 Å². The zero-order valence-corrected chi connectivity index (χ0v) is 41.3. The van der Waals surface area contributed by atoms with Crippen LogP contribution in [0.1, 0.15) is 50.7 Å². The van der Waals surface area contributed by atoms with Gasteiger partial charge in [-0.15, -0.1) is 0 Å². The highest BCUT2D eigenvalue weighted by Crippen LogP contribution is 2.45. The van der Waals surface area contributed by atoms with Crippen LogP contribution in [-0.4, -0.2) is 0 Å². The highest BCUT2D eigenvalue weighted by atomic mass is 16.3. The molecule has 0 spiro atoms. The number of hydrogen-bond donors (Lipinski definition) is 0. The van der Waals surface area contributed by atoms with Crippen LogP contribution in [0.3, 0.4) is 0 Å². The minimum absolute atomic E-state index is 0.434. The fourth-order valence-corrected chi connectivity index (χ4v) is 11.4.